The molecule has 2 N–H and O–H groups in total. The van der Waals surface area contributed by atoms with Crippen LogP contribution in [-0.4, -0.2) is 23.8 Å². The summed E-state index contributed by atoms with van der Waals surface area (Å²) in [6.07, 6.45) is 0.886. The van der Waals surface area contributed by atoms with Crippen molar-refractivity contribution in [1.82, 2.24) is 4.98 Å². The lowest BCUT2D eigenvalue weighted by molar-refractivity contribution is -0.140. The van der Waals surface area contributed by atoms with Gasteiger partial charge >= 0.3 is 5.97 Å². The number of nitrogen functional groups attached to an aromatic ring is 1. The summed E-state index contributed by atoms with van der Waals surface area (Å²) in [5.41, 5.74) is 8.85. The van der Waals surface area contributed by atoms with Crippen molar-refractivity contribution < 1.29 is 14.3 Å². The molecule has 5 nitrogen and oxygen atoms in total. The molecule has 0 fully saturated rings. The number of benzene rings is 2. The fraction of sp³-hybridized carbons (Fsp3) is 0.150. The third-order valence-corrected chi connectivity index (χ3v) is 4.84. The number of carbonyl (C=O) groups is 2. The van der Waals surface area contributed by atoms with Gasteiger partial charge in [0.25, 0.3) is 0 Å². The molecule has 3 rings (SSSR count). The predicted molar refractivity (Wildman–Crippen MR) is 102 cm³/mol. The highest BCUT2D eigenvalue weighted by Crippen LogP contribution is 2.31. The van der Waals surface area contributed by atoms with Crippen LogP contribution < -0.4 is 5.73 Å². The van der Waals surface area contributed by atoms with E-state index < -0.39 is 0 Å². The number of anilines is 1. The van der Waals surface area contributed by atoms with Crippen LogP contribution in [0.1, 0.15) is 27.2 Å². The molecule has 0 saturated carbocycles. The molecule has 0 aliphatic carbocycles. The number of hydrogen-bond acceptors (Lipinski definition) is 6. The Morgan fingerprint density at radius 1 is 1.08 bits per heavy atom. The Morgan fingerprint density at radius 3 is 2.42 bits per heavy atom. The Hall–Kier alpha value is -2.99. The van der Waals surface area contributed by atoms with Crippen LogP contribution in [0.5, 0.6) is 0 Å². The van der Waals surface area contributed by atoms with E-state index >= 15 is 0 Å². The lowest BCUT2D eigenvalue weighted by atomic mass is 10.0. The van der Waals surface area contributed by atoms with Gasteiger partial charge in [0.1, 0.15) is 4.88 Å². The minimum atomic E-state index is -0.252. The van der Waals surface area contributed by atoms with Crippen molar-refractivity contribution in [2.24, 2.45) is 0 Å². The van der Waals surface area contributed by atoms with Crippen molar-refractivity contribution >= 4 is 28.2 Å². The van der Waals surface area contributed by atoms with Gasteiger partial charge in [-0.2, -0.15) is 0 Å². The van der Waals surface area contributed by atoms with E-state index in [1.807, 2.05) is 42.5 Å². The van der Waals surface area contributed by atoms with E-state index in [9.17, 15) is 9.59 Å². The zero-order valence-corrected chi connectivity index (χ0v) is 15.1. The van der Waals surface area contributed by atoms with Crippen molar-refractivity contribution in [3.8, 4) is 11.3 Å². The number of methoxy groups -OCH3 is 1. The first-order chi connectivity index (χ1) is 12.6. The fourth-order valence-electron chi connectivity index (χ4n) is 2.58. The summed E-state index contributed by atoms with van der Waals surface area (Å²) in [7, 11) is 1.37. The fourth-order valence-corrected chi connectivity index (χ4v) is 3.40. The van der Waals surface area contributed by atoms with Crippen LogP contribution >= 0.6 is 11.3 Å². The highest BCUT2D eigenvalue weighted by Gasteiger charge is 2.20. The molecule has 0 spiro atoms. The lowest BCUT2D eigenvalue weighted by Gasteiger charge is -2.04. The van der Waals surface area contributed by atoms with Gasteiger partial charge in [0.05, 0.1) is 12.8 Å². The number of carbonyl (C=O) groups excluding carboxylic acids is 2. The molecule has 1 aromatic heterocycles. The molecular weight excluding hydrogens is 348 g/mol. The molecule has 0 amide bonds. The van der Waals surface area contributed by atoms with Gasteiger partial charge in [0.15, 0.2) is 5.13 Å². The molecule has 0 radical (unpaired) electrons. The summed E-state index contributed by atoms with van der Waals surface area (Å²) < 4.78 is 4.64. The normalized spacial score (nSPS) is 10.5. The second kappa shape index (κ2) is 7.93. The van der Waals surface area contributed by atoms with Crippen LogP contribution in [0.4, 0.5) is 5.13 Å². The maximum atomic E-state index is 12.9. The zero-order chi connectivity index (χ0) is 18.5. The van der Waals surface area contributed by atoms with E-state index in [0.29, 0.717) is 34.1 Å². The number of aryl methyl sites for hydroxylation is 1. The third-order valence-electron chi connectivity index (χ3n) is 3.96. The van der Waals surface area contributed by atoms with Crippen LogP contribution in [0, 0.1) is 0 Å². The van der Waals surface area contributed by atoms with Gasteiger partial charge in [-0.25, -0.2) is 4.98 Å². The standard InChI is InChI=1S/C20H18N2O3S/c1-25-16(23)12-9-13-7-10-15(11-8-13)18(24)19-17(22-20(21)26-19)14-5-3-2-4-6-14/h2-8,10-11H,9,12H2,1H3,(H2,21,22). The molecule has 3 aromatic rings. The van der Waals surface area contributed by atoms with Crippen LogP contribution in [0.25, 0.3) is 11.3 Å². The molecule has 0 aliphatic rings. The number of nitrogens with zero attached hydrogens (tertiary/aromatic N) is 1. The van der Waals surface area contributed by atoms with E-state index in [4.69, 9.17) is 5.73 Å². The Balaban J connectivity index is 1.83. The second-order valence-electron chi connectivity index (χ2n) is 5.70. The smallest absolute Gasteiger partial charge is 0.305 e. The molecule has 0 unspecified atom stereocenters. The predicted octanol–water partition coefficient (Wildman–Crippen LogP) is 3.73. The van der Waals surface area contributed by atoms with Gasteiger partial charge in [-0.3, -0.25) is 9.59 Å². The summed E-state index contributed by atoms with van der Waals surface area (Å²) in [5, 5.41) is 0.363. The van der Waals surface area contributed by atoms with Gasteiger partial charge in [-0.15, -0.1) is 0 Å². The highest BCUT2D eigenvalue weighted by atomic mass is 32.1. The van der Waals surface area contributed by atoms with Crippen molar-refractivity contribution in [1.29, 1.82) is 0 Å². The van der Waals surface area contributed by atoms with E-state index in [1.54, 1.807) is 12.1 Å². The summed E-state index contributed by atoms with van der Waals surface area (Å²) in [5.74, 6) is -0.365. The first-order valence-electron chi connectivity index (χ1n) is 8.10. The Kier molecular flexibility index (Phi) is 5.43. The Labute approximate surface area is 155 Å². The molecule has 1 heterocycles. The molecule has 0 atom stereocenters. The quantitative estimate of drug-likeness (QED) is 0.531. The maximum absolute atomic E-state index is 12.9. The molecule has 0 aliphatic heterocycles. The summed E-state index contributed by atoms with van der Waals surface area (Å²) >= 11 is 1.19. The third kappa shape index (κ3) is 3.97. The zero-order valence-electron chi connectivity index (χ0n) is 14.3. The monoisotopic (exact) mass is 366 g/mol. The minimum absolute atomic E-state index is 0.113. The van der Waals surface area contributed by atoms with Crippen LogP contribution in [0.3, 0.4) is 0 Å². The number of ether oxygens (including phenoxy) is 1. The molecule has 2 aromatic carbocycles. The van der Waals surface area contributed by atoms with Gasteiger partial charge in [-0.1, -0.05) is 65.9 Å². The average molecular weight is 366 g/mol. The summed E-state index contributed by atoms with van der Waals surface area (Å²) in [4.78, 5) is 29.0. The summed E-state index contributed by atoms with van der Waals surface area (Å²) in [6.45, 7) is 0. The van der Waals surface area contributed by atoms with Gasteiger partial charge < -0.3 is 10.5 Å². The van der Waals surface area contributed by atoms with E-state index in [1.165, 1.54) is 18.4 Å². The van der Waals surface area contributed by atoms with Crippen LogP contribution in [-0.2, 0) is 16.0 Å². The minimum Gasteiger partial charge on any atom is -0.469 e. The maximum Gasteiger partial charge on any atom is 0.305 e. The molecular formula is C20H18N2O3S. The summed E-state index contributed by atoms with van der Waals surface area (Å²) in [6, 6.07) is 16.7. The number of esters is 1. The second-order valence-corrected chi connectivity index (χ2v) is 6.73. The SMILES string of the molecule is COC(=O)CCc1ccc(C(=O)c2sc(N)nc2-c2ccccc2)cc1. The van der Waals surface area contributed by atoms with Crippen molar-refractivity contribution in [2.75, 3.05) is 12.8 Å². The number of aromatic nitrogens is 1. The number of nitrogens with two attached hydrogens (primary N) is 1. The first-order valence-corrected chi connectivity index (χ1v) is 8.92. The number of rotatable bonds is 6. The molecule has 26 heavy (non-hydrogen) atoms. The topological polar surface area (TPSA) is 82.3 Å². The van der Waals surface area contributed by atoms with Crippen molar-refractivity contribution in [3.63, 3.8) is 0 Å². The van der Waals surface area contributed by atoms with Gasteiger partial charge in [0.2, 0.25) is 5.78 Å². The van der Waals surface area contributed by atoms with E-state index in [2.05, 4.69) is 9.72 Å². The number of hydrogen-bond donors (Lipinski definition) is 1. The van der Waals surface area contributed by atoms with Crippen LogP contribution in [0.2, 0.25) is 0 Å². The van der Waals surface area contributed by atoms with Gasteiger partial charge in [0, 0.05) is 17.5 Å². The lowest BCUT2D eigenvalue weighted by Crippen LogP contribution is -2.03. The van der Waals surface area contributed by atoms with Gasteiger partial charge in [-0.05, 0) is 12.0 Å². The van der Waals surface area contributed by atoms with Crippen molar-refractivity contribution in [3.05, 3.63) is 70.6 Å². The average Bonchev–Trinajstić information content (AvgIpc) is 3.08. The molecule has 6 heteroatoms. The Morgan fingerprint density at radius 2 is 1.77 bits per heavy atom. The largest absolute Gasteiger partial charge is 0.469 e. The van der Waals surface area contributed by atoms with Crippen LogP contribution in [0.15, 0.2) is 54.6 Å². The van der Waals surface area contributed by atoms with E-state index in [-0.39, 0.29) is 11.8 Å². The molecule has 0 saturated heterocycles. The van der Waals surface area contributed by atoms with E-state index in [0.717, 1.165) is 11.1 Å². The molecule has 132 valence electrons. The van der Waals surface area contributed by atoms with Crippen molar-refractivity contribution in [2.45, 2.75) is 12.8 Å². The molecule has 0 bridgehead atoms. The number of thiazole rings is 1. The highest BCUT2D eigenvalue weighted by molar-refractivity contribution is 7.18. The first kappa shape index (κ1) is 17.8. The Bertz CT molecular complexity index is 918. The number of ketones is 1.